The molecule has 1 amide bonds. The highest BCUT2D eigenvalue weighted by Gasteiger charge is 2.38. The minimum absolute atomic E-state index is 0.00361. The van der Waals surface area contributed by atoms with Gasteiger partial charge >= 0.3 is 0 Å². The summed E-state index contributed by atoms with van der Waals surface area (Å²) in [5.41, 5.74) is 9.81. The van der Waals surface area contributed by atoms with E-state index in [4.69, 9.17) is 10.7 Å². The fourth-order valence-electron chi connectivity index (χ4n) is 5.57. The smallest absolute Gasteiger partial charge is 0.277 e. The molecular weight excluding hydrogens is 486 g/mol. The molecule has 39 heavy (non-hydrogen) atoms. The van der Waals surface area contributed by atoms with Gasteiger partial charge in [-0.25, -0.2) is 4.98 Å². The Morgan fingerprint density at radius 3 is 2.49 bits per heavy atom. The third-order valence-electron chi connectivity index (χ3n) is 7.57. The molecule has 7 nitrogen and oxygen atoms in total. The first-order chi connectivity index (χ1) is 18.9. The van der Waals surface area contributed by atoms with Crippen molar-refractivity contribution in [2.75, 3.05) is 18.4 Å². The van der Waals surface area contributed by atoms with Crippen molar-refractivity contribution in [3.8, 4) is 0 Å². The fourth-order valence-corrected chi connectivity index (χ4v) is 5.57. The lowest BCUT2D eigenvalue weighted by molar-refractivity contribution is 0.0602. The lowest BCUT2D eigenvalue weighted by Gasteiger charge is -2.36. The average molecular weight is 524 g/mol. The van der Waals surface area contributed by atoms with Gasteiger partial charge in [-0.1, -0.05) is 86.2 Å². The quantitative estimate of drug-likeness (QED) is 0.421. The van der Waals surface area contributed by atoms with Crippen LogP contribution in [0.4, 0.5) is 5.69 Å². The molecule has 5 rings (SSSR count). The number of nitrogens with one attached hydrogen (secondary N) is 1. The van der Waals surface area contributed by atoms with Crippen molar-refractivity contribution < 1.29 is 4.79 Å². The summed E-state index contributed by atoms with van der Waals surface area (Å²) < 4.78 is 1.76. The number of allylic oxidation sites excluding steroid dienone is 2. The van der Waals surface area contributed by atoms with E-state index in [1.165, 1.54) is 0 Å². The monoisotopic (exact) mass is 523 g/mol. The second-order valence-electron chi connectivity index (χ2n) is 10.8. The van der Waals surface area contributed by atoms with E-state index in [1.54, 1.807) is 4.57 Å². The molecule has 1 aliphatic heterocycles. The molecule has 202 valence electrons. The van der Waals surface area contributed by atoms with Gasteiger partial charge < -0.3 is 16.0 Å². The molecule has 3 unspecified atom stereocenters. The number of benzene rings is 2. The Hall–Kier alpha value is -3.97. The minimum Gasteiger partial charge on any atom is -0.372 e. The first kappa shape index (κ1) is 26.6. The van der Waals surface area contributed by atoms with E-state index in [1.807, 2.05) is 78.6 Å². The Bertz CT molecular complexity index is 1440. The number of fused-ring (bicyclic) bond motifs is 3. The zero-order valence-corrected chi connectivity index (χ0v) is 22.9. The maximum Gasteiger partial charge on any atom is 0.277 e. The summed E-state index contributed by atoms with van der Waals surface area (Å²) in [5.74, 6) is 0.497. The number of hydrogen-bond donors (Lipinski definition) is 2. The van der Waals surface area contributed by atoms with Crippen LogP contribution in [0.25, 0.3) is 0 Å². The second-order valence-corrected chi connectivity index (χ2v) is 10.8. The molecule has 3 N–H and O–H groups in total. The van der Waals surface area contributed by atoms with E-state index in [0.717, 1.165) is 16.8 Å². The molecule has 1 aliphatic carbocycles. The van der Waals surface area contributed by atoms with E-state index in [0.29, 0.717) is 43.1 Å². The lowest BCUT2D eigenvalue weighted by atomic mass is 9.94. The molecular formula is C32H37N5O2. The van der Waals surface area contributed by atoms with Crippen LogP contribution in [0.3, 0.4) is 0 Å². The molecule has 2 heterocycles. The van der Waals surface area contributed by atoms with Crippen LogP contribution in [-0.4, -0.2) is 39.5 Å². The number of aromatic nitrogens is 2. The van der Waals surface area contributed by atoms with Crippen LogP contribution in [0.2, 0.25) is 0 Å². The third kappa shape index (κ3) is 5.32. The van der Waals surface area contributed by atoms with E-state index in [2.05, 4.69) is 31.3 Å². The summed E-state index contributed by atoms with van der Waals surface area (Å²) >= 11 is 0. The summed E-state index contributed by atoms with van der Waals surface area (Å²) in [6, 6.07) is 17.1. The molecule has 0 saturated carbocycles. The lowest BCUT2D eigenvalue weighted by Crippen LogP contribution is -2.42. The number of carbonyl (C=O) groups excluding carboxylic acids is 1. The van der Waals surface area contributed by atoms with Gasteiger partial charge in [0.25, 0.3) is 11.5 Å². The number of nitrogens with two attached hydrogens (primary N) is 1. The van der Waals surface area contributed by atoms with Gasteiger partial charge in [0, 0.05) is 18.0 Å². The first-order valence-corrected chi connectivity index (χ1v) is 13.8. The van der Waals surface area contributed by atoms with Crippen molar-refractivity contribution in [1.82, 2.24) is 14.5 Å². The average Bonchev–Trinajstić information content (AvgIpc) is 3.32. The largest absolute Gasteiger partial charge is 0.372 e. The van der Waals surface area contributed by atoms with Crippen LogP contribution < -0.4 is 16.6 Å². The number of aryl methyl sites for hydroxylation is 1. The molecule has 2 aliphatic rings. The number of rotatable bonds is 9. The minimum atomic E-state index is -0.422. The van der Waals surface area contributed by atoms with Crippen molar-refractivity contribution in [1.29, 1.82) is 0 Å². The van der Waals surface area contributed by atoms with Gasteiger partial charge in [-0.15, -0.1) is 0 Å². The summed E-state index contributed by atoms with van der Waals surface area (Å²) in [7, 11) is 0. The SMILES string of the molecule is Cc1ccc(C(=O)N(CCCN)C(c2nc3c(c(=O)n2Cc2ccccc2)NC2C=CC=CC32)C(C)C)cc1. The zero-order valence-electron chi connectivity index (χ0n) is 22.9. The molecule has 0 fully saturated rings. The normalized spacial score (nSPS) is 18.0. The Morgan fingerprint density at radius 1 is 1.08 bits per heavy atom. The molecule has 0 spiro atoms. The van der Waals surface area contributed by atoms with Gasteiger partial charge in [-0.05, 0) is 43.5 Å². The zero-order chi connectivity index (χ0) is 27.5. The van der Waals surface area contributed by atoms with E-state index >= 15 is 0 Å². The maximum atomic E-state index is 14.2. The Kier molecular flexibility index (Phi) is 7.79. The highest BCUT2D eigenvalue weighted by atomic mass is 16.2. The van der Waals surface area contributed by atoms with Crippen molar-refractivity contribution in [3.05, 3.63) is 117 Å². The predicted octanol–water partition coefficient (Wildman–Crippen LogP) is 4.79. The van der Waals surface area contributed by atoms with E-state index in [-0.39, 0.29) is 29.3 Å². The van der Waals surface area contributed by atoms with Crippen LogP contribution in [0, 0.1) is 12.8 Å². The van der Waals surface area contributed by atoms with E-state index < -0.39 is 6.04 Å². The van der Waals surface area contributed by atoms with Crippen LogP contribution >= 0.6 is 0 Å². The summed E-state index contributed by atoms with van der Waals surface area (Å²) in [6.45, 7) is 7.46. The van der Waals surface area contributed by atoms with Crippen LogP contribution in [0.15, 0.2) is 83.7 Å². The number of carbonyl (C=O) groups is 1. The second kappa shape index (κ2) is 11.4. The number of hydrogen-bond acceptors (Lipinski definition) is 5. The molecule has 0 radical (unpaired) electrons. The Balaban J connectivity index is 1.68. The van der Waals surface area contributed by atoms with Gasteiger partial charge in [0.15, 0.2) is 0 Å². The van der Waals surface area contributed by atoms with Crippen molar-refractivity contribution in [2.24, 2.45) is 11.7 Å². The molecule has 3 atom stereocenters. The van der Waals surface area contributed by atoms with E-state index in [9.17, 15) is 9.59 Å². The molecule has 0 saturated heterocycles. The first-order valence-electron chi connectivity index (χ1n) is 13.8. The molecule has 0 bridgehead atoms. The predicted molar refractivity (Wildman–Crippen MR) is 156 cm³/mol. The van der Waals surface area contributed by atoms with Crippen LogP contribution in [0.5, 0.6) is 0 Å². The molecule has 2 aromatic carbocycles. The summed E-state index contributed by atoms with van der Waals surface area (Å²) in [4.78, 5) is 35.3. The highest BCUT2D eigenvalue weighted by molar-refractivity contribution is 5.94. The number of amides is 1. The Morgan fingerprint density at radius 2 is 1.79 bits per heavy atom. The molecule has 1 aromatic heterocycles. The van der Waals surface area contributed by atoms with Gasteiger partial charge in [-0.3, -0.25) is 14.2 Å². The third-order valence-corrected chi connectivity index (χ3v) is 7.57. The fraction of sp³-hybridized carbons (Fsp3) is 0.344. The van der Waals surface area contributed by atoms with Crippen LogP contribution in [-0.2, 0) is 6.54 Å². The topological polar surface area (TPSA) is 93.2 Å². The van der Waals surface area contributed by atoms with Gasteiger partial charge in [-0.2, -0.15) is 0 Å². The van der Waals surface area contributed by atoms with Crippen LogP contribution in [0.1, 0.15) is 65.2 Å². The highest BCUT2D eigenvalue weighted by Crippen LogP contribution is 2.38. The standard InChI is InChI=1S/C32H37N5O2/c1-21(2)29(36(19-9-18-33)31(38)24-16-14-22(3)15-17-24)30-35-27-25-12-7-8-13-26(25)34-28(27)32(39)37(30)20-23-10-5-4-6-11-23/h4-8,10-17,21,25-26,29,34H,9,18-20,33H2,1-3H3. The van der Waals surface area contributed by atoms with Gasteiger partial charge in [0.1, 0.15) is 11.5 Å². The maximum absolute atomic E-state index is 14.2. The summed E-state index contributed by atoms with van der Waals surface area (Å²) in [6.07, 6.45) is 8.81. The molecule has 3 aromatic rings. The number of nitrogens with zero attached hydrogens (tertiary/aromatic N) is 3. The molecule has 7 heteroatoms. The van der Waals surface area contributed by atoms with Gasteiger partial charge in [0.2, 0.25) is 0 Å². The van der Waals surface area contributed by atoms with Crippen molar-refractivity contribution in [3.63, 3.8) is 0 Å². The Labute approximate surface area is 230 Å². The number of anilines is 1. The summed E-state index contributed by atoms with van der Waals surface area (Å²) in [5, 5.41) is 3.41. The van der Waals surface area contributed by atoms with Crippen molar-refractivity contribution >= 4 is 11.6 Å². The van der Waals surface area contributed by atoms with Crippen molar-refractivity contribution in [2.45, 2.75) is 51.7 Å². The van der Waals surface area contributed by atoms with Gasteiger partial charge in [0.05, 0.1) is 24.3 Å².